The highest BCUT2D eigenvalue weighted by atomic mass is 79.9. The summed E-state index contributed by atoms with van der Waals surface area (Å²) >= 11 is 16.0. The first-order chi connectivity index (χ1) is 17.2. The highest BCUT2D eigenvalue weighted by Crippen LogP contribution is 2.42. The number of benzene rings is 3. The summed E-state index contributed by atoms with van der Waals surface area (Å²) in [5, 5.41) is 11.9. The summed E-state index contributed by atoms with van der Waals surface area (Å²) in [5.41, 5.74) is 1.75. The maximum Gasteiger partial charge on any atom is 0.295 e. The Morgan fingerprint density at radius 1 is 0.972 bits per heavy atom. The van der Waals surface area contributed by atoms with Crippen molar-refractivity contribution in [2.75, 3.05) is 20.8 Å². The second-order valence-corrected chi connectivity index (χ2v) is 9.86. The lowest BCUT2D eigenvalue weighted by molar-refractivity contribution is -0.139. The molecule has 186 valence electrons. The fourth-order valence-corrected chi connectivity index (χ4v) is 4.98. The molecule has 1 aliphatic heterocycles. The van der Waals surface area contributed by atoms with E-state index >= 15 is 0 Å². The topological polar surface area (TPSA) is 76.1 Å². The molecule has 1 amide bonds. The van der Waals surface area contributed by atoms with Gasteiger partial charge < -0.3 is 19.5 Å². The minimum absolute atomic E-state index is 0.0288. The molecule has 3 aromatic carbocycles. The molecule has 1 unspecified atom stereocenters. The van der Waals surface area contributed by atoms with Gasteiger partial charge in [0.15, 0.2) is 11.5 Å². The second-order valence-electron chi connectivity index (χ2n) is 8.10. The van der Waals surface area contributed by atoms with E-state index in [2.05, 4.69) is 15.9 Å². The standard InChI is InChI=1S/C27H22BrCl2NO5/c1-35-21-10-3-15(13-22(21)36-2)11-12-31-24(19-9-8-18(29)14-20(19)30)23(26(33)27(31)34)25(32)16-4-6-17(28)7-5-16/h3-10,13-14,24,32H,11-12H2,1-2H3. The summed E-state index contributed by atoms with van der Waals surface area (Å²) in [6.45, 7) is 0.195. The lowest BCUT2D eigenvalue weighted by Crippen LogP contribution is -2.31. The number of halogens is 3. The van der Waals surface area contributed by atoms with E-state index in [-0.39, 0.29) is 22.9 Å². The van der Waals surface area contributed by atoms with Gasteiger partial charge in [0.1, 0.15) is 5.76 Å². The van der Waals surface area contributed by atoms with Gasteiger partial charge in [-0.25, -0.2) is 0 Å². The van der Waals surface area contributed by atoms with Crippen LogP contribution >= 0.6 is 39.1 Å². The number of ketones is 1. The number of nitrogens with zero attached hydrogens (tertiary/aromatic N) is 1. The Balaban J connectivity index is 1.77. The summed E-state index contributed by atoms with van der Waals surface area (Å²) in [6, 6.07) is 16.2. The molecular formula is C27H22BrCl2NO5. The monoisotopic (exact) mass is 589 g/mol. The molecule has 1 aliphatic rings. The quantitative estimate of drug-likeness (QED) is 0.195. The van der Waals surface area contributed by atoms with Gasteiger partial charge in [0, 0.05) is 26.6 Å². The molecule has 0 aliphatic carbocycles. The summed E-state index contributed by atoms with van der Waals surface area (Å²) in [5.74, 6) is -0.622. The van der Waals surface area contributed by atoms with E-state index in [0.717, 1.165) is 10.0 Å². The molecule has 0 radical (unpaired) electrons. The first-order valence-electron chi connectivity index (χ1n) is 10.9. The number of carbonyl (C=O) groups excluding carboxylic acids is 2. The predicted molar refractivity (Wildman–Crippen MR) is 143 cm³/mol. The molecule has 0 spiro atoms. The zero-order valence-electron chi connectivity index (χ0n) is 19.4. The Morgan fingerprint density at radius 3 is 2.31 bits per heavy atom. The normalized spacial score (nSPS) is 16.9. The molecule has 1 fully saturated rings. The SMILES string of the molecule is COc1ccc(CCN2C(=O)C(=O)C(=C(O)c3ccc(Br)cc3)C2c2ccc(Cl)cc2Cl)cc1OC. The number of ether oxygens (including phenoxy) is 2. The molecular weight excluding hydrogens is 569 g/mol. The van der Waals surface area contributed by atoms with Crippen LogP contribution in [0.25, 0.3) is 5.76 Å². The maximum atomic E-state index is 13.2. The van der Waals surface area contributed by atoms with Crippen molar-refractivity contribution in [3.05, 3.63) is 97.4 Å². The van der Waals surface area contributed by atoms with Crippen molar-refractivity contribution in [3.8, 4) is 11.5 Å². The molecule has 6 nitrogen and oxygen atoms in total. The smallest absolute Gasteiger partial charge is 0.295 e. The van der Waals surface area contributed by atoms with Gasteiger partial charge in [-0.15, -0.1) is 0 Å². The van der Waals surface area contributed by atoms with Crippen LogP contribution in [0.15, 0.2) is 70.7 Å². The van der Waals surface area contributed by atoms with Crippen molar-refractivity contribution in [3.63, 3.8) is 0 Å². The van der Waals surface area contributed by atoms with E-state index in [0.29, 0.717) is 34.1 Å². The summed E-state index contributed by atoms with van der Waals surface area (Å²) < 4.78 is 11.5. The van der Waals surface area contributed by atoms with E-state index in [1.165, 1.54) is 4.90 Å². The van der Waals surface area contributed by atoms with Gasteiger partial charge in [0.05, 0.1) is 25.8 Å². The average Bonchev–Trinajstić information content (AvgIpc) is 3.12. The van der Waals surface area contributed by atoms with Gasteiger partial charge in [0.2, 0.25) is 0 Å². The average molecular weight is 591 g/mol. The van der Waals surface area contributed by atoms with Gasteiger partial charge in [-0.1, -0.05) is 63.4 Å². The van der Waals surface area contributed by atoms with E-state index in [4.69, 9.17) is 32.7 Å². The van der Waals surface area contributed by atoms with Crippen LogP contribution in [0, 0.1) is 0 Å². The van der Waals surface area contributed by atoms with Crippen LogP contribution in [0.3, 0.4) is 0 Å². The zero-order chi connectivity index (χ0) is 26.0. The molecule has 4 rings (SSSR count). The van der Waals surface area contributed by atoms with Gasteiger partial charge in [0.25, 0.3) is 11.7 Å². The summed E-state index contributed by atoms with van der Waals surface area (Å²) in [6.07, 6.45) is 0.424. The number of carbonyl (C=O) groups is 2. The van der Waals surface area contributed by atoms with Gasteiger partial charge in [-0.05, 0) is 53.9 Å². The summed E-state index contributed by atoms with van der Waals surface area (Å²) in [4.78, 5) is 27.9. The molecule has 0 saturated carbocycles. The number of Topliss-reactive ketones (excluding diaryl/α,β-unsaturated/α-hetero) is 1. The molecule has 0 aromatic heterocycles. The zero-order valence-corrected chi connectivity index (χ0v) is 22.5. The second kappa shape index (κ2) is 10.9. The highest BCUT2D eigenvalue weighted by molar-refractivity contribution is 9.10. The van der Waals surface area contributed by atoms with Crippen LogP contribution in [0.2, 0.25) is 10.0 Å². The molecule has 36 heavy (non-hydrogen) atoms. The Labute approximate surface area is 227 Å². The number of hydrogen-bond donors (Lipinski definition) is 1. The van der Waals surface area contributed by atoms with Crippen molar-refractivity contribution in [1.82, 2.24) is 4.90 Å². The molecule has 1 atom stereocenters. The van der Waals surface area contributed by atoms with Crippen molar-refractivity contribution >= 4 is 56.6 Å². The van der Waals surface area contributed by atoms with Crippen LogP contribution in [-0.2, 0) is 16.0 Å². The number of aliphatic hydroxyl groups excluding tert-OH is 1. The molecule has 0 bridgehead atoms. The van der Waals surface area contributed by atoms with E-state index in [1.807, 2.05) is 12.1 Å². The van der Waals surface area contributed by atoms with Crippen LogP contribution in [0.5, 0.6) is 11.5 Å². The predicted octanol–water partition coefficient (Wildman–Crippen LogP) is 6.44. The number of aliphatic hydroxyl groups is 1. The number of likely N-dealkylation sites (tertiary alicyclic amines) is 1. The molecule has 3 aromatic rings. The third kappa shape index (κ3) is 5.09. The fraction of sp³-hybridized carbons (Fsp3) is 0.185. The number of hydrogen-bond acceptors (Lipinski definition) is 5. The highest BCUT2D eigenvalue weighted by Gasteiger charge is 2.46. The van der Waals surface area contributed by atoms with Crippen LogP contribution in [-0.4, -0.2) is 42.5 Å². The third-order valence-electron chi connectivity index (χ3n) is 6.00. The Morgan fingerprint density at radius 2 is 1.67 bits per heavy atom. The molecule has 9 heteroatoms. The lowest BCUT2D eigenvalue weighted by atomic mass is 9.95. The van der Waals surface area contributed by atoms with Crippen molar-refractivity contribution < 1.29 is 24.2 Å². The van der Waals surface area contributed by atoms with Crippen molar-refractivity contribution in [1.29, 1.82) is 0 Å². The molecule has 1 N–H and O–H groups in total. The Bertz CT molecular complexity index is 1360. The van der Waals surface area contributed by atoms with Gasteiger partial charge in [-0.2, -0.15) is 0 Å². The lowest BCUT2D eigenvalue weighted by Gasteiger charge is -2.26. The van der Waals surface area contributed by atoms with Gasteiger partial charge in [-0.3, -0.25) is 9.59 Å². The summed E-state index contributed by atoms with van der Waals surface area (Å²) in [7, 11) is 3.10. The van der Waals surface area contributed by atoms with Gasteiger partial charge >= 0.3 is 0 Å². The first-order valence-corrected chi connectivity index (χ1v) is 12.5. The maximum absolute atomic E-state index is 13.2. The van der Waals surface area contributed by atoms with E-state index in [9.17, 15) is 14.7 Å². The molecule has 1 saturated heterocycles. The number of methoxy groups -OCH3 is 2. The number of rotatable bonds is 7. The fourth-order valence-electron chi connectivity index (χ4n) is 4.21. The largest absolute Gasteiger partial charge is 0.507 e. The van der Waals surface area contributed by atoms with Crippen LogP contribution in [0.4, 0.5) is 0 Å². The van der Waals surface area contributed by atoms with Crippen molar-refractivity contribution in [2.45, 2.75) is 12.5 Å². The molecule has 1 heterocycles. The van der Waals surface area contributed by atoms with E-state index < -0.39 is 17.7 Å². The Hall–Kier alpha value is -3.00. The minimum Gasteiger partial charge on any atom is -0.507 e. The first kappa shape index (κ1) is 26.1. The minimum atomic E-state index is -0.890. The van der Waals surface area contributed by atoms with Crippen LogP contribution < -0.4 is 9.47 Å². The van der Waals surface area contributed by atoms with Crippen molar-refractivity contribution in [2.24, 2.45) is 0 Å². The third-order valence-corrected chi connectivity index (χ3v) is 7.10. The van der Waals surface area contributed by atoms with Crippen LogP contribution in [0.1, 0.15) is 22.7 Å². The van der Waals surface area contributed by atoms with E-state index in [1.54, 1.807) is 62.8 Å². The number of amides is 1. The Kier molecular flexibility index (Phi) is 7.93.